The van der Waals surface area contributed by atoms with Crippen molar-refractivity contribution in [3.8, 4) is 11.1 Å². The maximum atomic E-state index is 12.5. The minimum atomic E-state index is -0.506. The third-order valence-corrected chi connectivity index (χ3v) is 5.49. The van der Waals surface area contributed by atoms with E-state index in [-0.39, 0.29) is 17.4 Å². The molecule has 1 saturated heterocycles. The molecule has 1 aliphatic carbocycles. The molecule has 0 radical (unpaired) electrons. The Morgan fingerprint density at radius 2 is 1.68 bits per heavy atom. The van der Waals surface area contributed by atoms with Gasteiger partial charge in [-0.1, -0.05) is 62.4 Å². The summed E-state index contributed by atoms with van der Waals surface area (Å²) in [6.07, 6.45) is -0.848. The quantitative estimate of drug-likeness (QED) is 0.910. The molecule has 1 unspecified atom stereocenters. The molecule has 0 saturated carbocycles. The number of nitrogens with zero attached hydrogens (tertiary/aromatic N) is 1. The Morgan fingerprint density at radius 3 is 2.20 bits per heavy atom. The SMILES string of the molecule is CC1(C)CN(C(=O)OCC2c3ccccc3-c3ccccc32)CC1O. The van der Waals surface area contributed by atoms with Crippen LogP contribution < -0.4 is 0 Å². The lowest BCUT2D eigenvalue weighted by atomic mass is 9.90. The van der Waals surface area contributed by atoms with Gasteiger partial charge in [0.2, 0.25) is 0 Å². The average molecular weight is 337 g/mol. The number of hydrogen-bond donors (Lipinski definition) is 1. The van der Waals surface area contributed by atoms with E-state index in [1.165, 1.54) is 22.3 Å². The first-order valence-corrected chi connectivity index (χ1v) is 8.75. The highest BCUT2D eigenvalue weighted by atomic mass is 16.6. The molecule has 4 heteroatoms. The minimum absolute atomic E-state index is 0.0666. The fraction of sp³-hybridized carbons (Fsp3) is 0.381. The first-order valence-electron chi connectivity index (χ1n) is 8.75. The van der Waals surface area contributed by atoms with Crippen LogP contribution in [0.15, 0.2) is 48.5 Å². The number of carbonyl (C=O) groups is 1. The first-order chi connectivity index (χ1) is 12.0. The summed E-state index contributed by atoms with van der Waals surface area (Å²) in [6, 6.07) is 16.6. The number of likely N-dealkylation sites (tertiary alicyclic amines) is 1. The summed E-state index contributed by atoms with van der Waals surface area (Å²) < 4.78 is 5.64. The van der Waals surface area contributed by atoms with E-state index in [4.69, 9.17) is 4.74 Å². The maximum absolute atomic E-state index is 12.5. The van der Waals surface area contributed by atoms with Crippen LogP contribution in [0.1, 0.15) is 30.9 Å². The lowest BCUT2D eigenvalue weighted by Gasteiger charge is -2.21. The number of hydrogen-bond acceptors (Lipinski definition) is 3. The van der Waals surface area contributed by atoms with Crippen LogP contribution in [-0.4, -0.2) is 41.9 Å². The number of aliphatic hydroxyl groups is 1. The second kappa shape index (κ2) is 5.88. The Kier molecular flexibility index (Phi) is 3.80. The second-order valence-corrected chi connectivity index (χ2v) is 7.69. The van der Waals surface area contributed by atoms with Crippen LogP contribution in [-0.2, 0) is 4.74 Å². The van der Waals surface area contributed by atoms with Gasteiger partial charge in [0.25, 0.3) is 0 Å². The number of β-amino-alcohol motifs (C(OH)–C–C–N with tert-alkyl or cyclic N) is 1. The average Bonchev–Trinajstić information content (AvgIpc) is 3.07. The number of aliphatic hydroxyl groups excluding tert-OH is 1. The highest BCUT2D eigenvalue weighted by Crippen LogP contribution is 2.44. The smallest absolute Gasteiger partial charge is 0.409 e. The molecule has 1 amide bonds. The highest BCUT2D eigenvalue weighted by Gasteiger charge is 2.41. The number of ether oxygens (including phenoxy) is 1. The molecule has 0 bridgehead atoms. The van der Waals surface area contributed by atoms with Crippen LogP contribution in [0.5, 0.6) is 0 Å². The number of benzene rings is 2. The van der Waals surface area contributed by atoms with Gasteiger partial charge < -0.3 is 14.7 Å². The topological polar surface area (TPSA) is 49.8 Å². The molecule has 25 heavy (non-hydrogen) atoms. The van der Waals surface area contributed by atoms with E-state index in [0.717, 1.165) is 0 Å². The van der Waals surface area contributed by atoms with Crippen molar-refractivity contribution in [3.05, 3.63) is 59.7 Å². The van der Waals surface area contributed by atoms with Crippen LogP contribution in [0, 0.1) is 5.41 Å². The summed E-state index contributed by atoms with van der Waals surface area (Å²) in [5.41, 5.74) is 4.57. The molecule has 130 valence electrons. The van der Waals surface area contributed by atoms with Gasteiger partial charge in [-0.3, -0.25) is 0 Å². The number of rotatable bonds is 2. The van der Waals surface area contributed by atoms with Crippen molar-refractivity contribution in [2.75, 3.05) is 19.7 Å². The van der Waals surface area contributed by atoms with Gasteiger partial charge in [0.15, 0.2) is 0 Å². The largest absolute Gasteiger partial charge is 0.448 e. The molecule has 0 spiro atoms. The van der Waals surface area contributed by atoms with Crippen molar-refractivity contribution >= 4 is 6.09 Å². The van der Waals surface area contributed by atoms with Crippen molar-refractivity contribution in [2.24, 2.45) is 5.41 Å². The molecule has 4 rings (SSSR count). The molecule has 2 aromatic rings. The summed E-state index contributed by atoms with van der Waals surface area (Å²) in [7, 11) is 0. The molecule has 2 aliphatic rings. The molecular formula is C21H23NO3. The highest BCUT2D eigenvalue weighted by molar-refractivity contribution is 5.79. The van der Waals surface area contributed by atoms with Gasteiger partial charge in [-0.15, -0.1) is 0 Å². The van der Waals surface area contributed by atoms with Crippen LogP contribution in [0.4, 0.5) is 4.79 Å². The summed E-state index contributed by atoms with van der Waals surface area (Å²) in [4.78, 5) is 14.1. The van der Waals surface area contributed by atoms with Crippen LogP contribution in [0.2, 0.25) is 0 Å². The molecule has 1 fully saturated rings. The second-order valence-electron chi connectivity index (χ2n) is 7.69. The van der Waals surface area contributed by atoms with Gasteiger partial charge in [-0.25, -0.2) is 4.79 Å². The standard InChI is InChI=1S/C21H23NO3/c1-21(2)13-22(11-19(21)23)20(24)25-12-18-16-9-5-3-7-14(16)15-8-4-6-10-17(15)18/h3-10,18-19,23H,11-13H2,1-2H3. The third-order valence-electron chi connectivity index (χ3n) is 5.49. The molecular weight excluding hydrogens is 314 g/mol. The monoisotopic (exact) mass is 337 g/mol. The van der Waals surface area contributed by atoms with Crippen molar-refractivity contribution in [1.29, 1.82) is 0 Å². The molecule has 1 atom stereocenters. The molecule has 1 heterocycles. The lowest BCUT2D eigenvalue weighted by Crippen LogP contribution is -2.31. The van der Waals surface area contributed by atoms with Crippen LogP contribution in [0.25, 0.3) is 11.1 Å². The Labute approximate surface area is 148 Å². The van der Waals surface area contributed by atoms with E-state index < -0.39 is 6.10 Å². The fourth-order valence-electron chi connectivity index (χ4n) is 3.94. The number of amides is 1. The third kappa shape index (κ3) is 2.71. The number of fused-ring (bicyclic) bond motifs is 3. The van der Waals surface area contributed by atoms with Gasteiger partial charge >= 0.3 is 6.09 Å². The van der Waals surface area contributed by atoms with E-state index in [1.807, 2.05) is 38.1 Å². The van der Waals surface area contributed by atoms with E-state index in [9.17, 15) is 9.90 Å². The zero-order valence-corrected chi connectivity index (χ0v) is 14.6. The first kappa shape index (κ1) is 16.2. The van der Waals surface area contributed by atoms with Crippen molar-refractivity contribution in [2.45, 2.75) is 25.9 Å². The van der Waals surface area contributed by atoms with E-state index in [2.05, 4.69) is 24.3 Å². The van der Waals surface area contributed by atoms with Gasteiger partial charge in [0.05, 0.1) is 12.6 Å². The van der Waals surface area contributed by atoms with E-state index >= 15 is 0 Å². The van der Waals surface area contributed by atoms with Crippen LogP contribution >= 0.6 is 0 Å². The van der Waals surface area contributed by atoms with Gasteiger partial charge in [0.1, 0.15) is 6.61 Å². The zero-order valence-electron chi connectivity index (χ0n) is 14.6. The Morgan fingerprint density at radius 1 is 1.12 bits per heavy atom. The van der Waals surface area contributed by atoms with Gasteiger partial charge in [-0.05, 0) is 22.3 Å². The summed E-state index contributed by atoms with van der Waals surface area (Å²) >= 11 is 0. The van der Waals surface area contributed by atoms with Crippen molar-refractivity contribution < 1.29 is 14.6 Å². The van der Waals surface area contributed by atoms with Crippen molar-refractivity contribution in [3.63, 3.8) is 0 Å². The molecule has 1 N–H and O–H groups in total. The molecule has 4 nitrogen and oxygen atoms in total. The molecule has 1 aliphatic heterocycles. The van der Waals surface area contributed by atoms with E-state index in [0.29, 0.717) is 19.7 Å². The Balaban J connectivity index is 1.51. The number of carbonyl (C=O) groups excluding carboxylic acids is 1. The molecule has 2 aromatic carbocycles. The van der Waals surface area contributed by atoms with Crippen LogP contribution in [0.3, 0.4) is 0 Å². The van der Waals surface area contributed by atoms with Gasteiger partial charge in [0, 0.05) is 17.9 Å². The Hall–Kier alpha value is -2.33. The minimum Gasteiger partial charge on any atom is -0.448 e. The maximum Gasteiger partial charge on any atom is 0.409 e. The predicted molar refractivity (Wildman–Crippen MR) is 96.4 cm³/mol. The Bertz CT molecular complexity index is 769. The summed E-state index contributed by atoms with van der Waals surface area (Å²) in [6.45, 7) is 5.11. The van der Waals surface area contributed by atoms with Crippen molar-refractivity contribution in [1.82, 2.24) is 4.90 Å². The predicted octanol–water partition coefficient (Wildman–Crippen LogP) is 3.64. The summed E-state index contributed by atoms with van der Waals surface area (Å²) in [5.74, 6) is 0.0666. The summed E-state index contributed by atoms with van der Waals surface area (Å²) in [5, 5.41) is 10.1. The van der Waals surface area contributed by atoms with E-state index in [1.54, 1.807) is 4.90 Å². The lowest BCUT2D eigenvalue weighted by molar-refractivity contribution is 0.0921. The molecule has 0 aromatic heterocycles. The zero-order chi connectivity index (χ0) is 17.6. The normalized spacial score (nSPS) is 21.1. The fourth-order valence-corrected chi connectivity index (χ4v) is 3.94. The van der Waals surface area contributed by atoms with Gasteiger partial charge in [-0.2, -0.15) is 0 Å².